The standard InChI is InChI=1S/C12H12N2S.HI/c1-14-9-10-15-12(14)7-8-13-11-5-3-2-4-6-11;/h2-10H,1H3;1H. The summed E-state index contributed by atoms with van der Waals surface area (Å²) in [4.78, 5) is 0. The summed E-state index contributed by atoms with van der Waals surface area (Å²) < 4.78 is 2.09. The number of aromatic nitrogens is 1. The van der Waals surface area contributed by atoms with Crippen LogP contribution in [0.2, 0.25) is 0 Å². The number of nitrogens with zero attached hydrogens (tertiary/aromatic N) is 1. The van der Waals surface area contributed by atoms with Crippen LogP contribution in [-0.2, 0) is 7.05 Å². The van der Waals surface area contributed by atoms with Gasteiger partial charge in [-0.15, -0.1) is 0 Å². The average molecular weight is 344 g/mol. The first-order valence-electron chi connectivity index (χ1n) is 4.77. The molecular weight excluding hydrogens is 331 g/mol. The molecule has 0 unspecified atom stereocenters. The number of anilines is 1. The molecule has 2 nitrogen and oxygen atoms in total. The highest BCUT2D eigenvalue weighted by Crippen LogP contribution is 2.07. The van der Waals surface area contributed by atoms with Gasteiger partial charge in [0, 0.05) is 18.0 Å². The van der Waals surface area contributed by atoms with Crippen LogP contribution in [0.5, 0.6) is 0 Å². The Morgan fingerprint density at radius 3 is 2.62 bits per heavy atom. The summed E-state index contributed by atoms with van der Waals surface area (Å²) in [7, 11) is 2.04. The van der Waals surface area contributed by atoms with Crippen molar-refractivity contribution in [2.24, 2.45) is 7.05 Å². The van der Waals surface area contributed by atoms with E-state index in [2.05, 4.69) is 21.3 Å². The Bertz CT molecular complexity index is 451. The molecule has 0 aliphatic heterocycles. The van der Waals surface area contributed by atoms with Crippen molar-refractivity contribution >= 4 is 23.1 Å². The Morgan fingerprint density at radius 2 is 2.00 bits per heavy atom. The number of nitrogens with one attached hydrogen (secondary N) is 1. The minimum atomic E-state index is 0. The van der Waals surface area contributed by atoms with Crippen molar-refractivity contribution in [1.82, 2.24) is 0 Å². The van der Waals surface area contributed by atoms with E-state index in [1.54, 1.807) is 11.3 Å². The van der Waals surface area contributed by atoms with Crippen molar-refractivity contribution in [3.8, 4) is 0 Å². The SMILES string of the molecule is C[n+]1ccsc1C=CNc1ccccc1.[I-]. The number of hydrogen-bond acceptors (Lipinski definition) is 2. The molecule has 16 heavy (non-hydrogen) atoms. The van der Waals surface area contributed by atoms with E-state index in [0.717, 1.165) is 5.69 Å². The van der Waals surface area contributed by atoms with Crippen LogP contribution in [0.3, 0.4) is 0 Å². The highest BCUT2D eigenvalue weighted by molar-refractivity contribution is 7.10. The van der Waals surface area contributed by atoms with Gasteiger partial charge in [0.15, 0.2) is 6.20 Å². The lowest BCUT2D eigenvalue weighted by molar-refractivity contribution is -0.668. The van der Waals surface area contributed by atoms with Gasteiger partial charge in [-0.25, -0.2) is 0 Å². The van der Waals surface area contributed by atoms with E-state index in [0.29, 0.717) is 0 Å². The third-order valence-corrected chi connectivity index (χ3v) is 2.99. The lowest BCUT2D eigenvalue weighted by atomic mass is 10.3. The quantitative estimate of drug-likeness (QED) is 0.595. The normalized spacial score (nSPS) is 10.1. The number of rotatable bonds is 3. The molecule has 1 aromatic carbocycles. The van der Waals surface area contributed by atoms with Gasteiger partial charge in [-0.05, 0) is 12.1 Å². The van der Waals surface area contributed by atoms with Gasteiger partial charge in [0.05, 0.1) is 5.38 Å². The number of benzene rings is 1. The molecule has 1 aromatic heterocycles. The van der Waals surface area contributed by atoms with E-state index in [-0.39, 0.29) is 24.0 Å². The zero-order valence-corrected chi connectivity index (χ0v) is 11.9. The predicted octanol–water partition coefficient (Wildman–Crippen LogP) is -0.341. The molecule has 0 amide bonds. The zero-order valence-electron chi connectivity index (χ0n) is 8.93. The molecule has 4 heteroatoms. The van der Waals surface area contributed by atoms with E-state index >= 15 is 0 Å². The van der Waals surface area contributed by atoms with Gasteiger partial charge in [-0.1, -0.05) is 29.5 Å². The van der Waals surface area contributed by atoms with Crippen molar-refractivity contribution in [1.29, 1.82) is 0 Å². The van der Waals surface area contributed by atoms with E-state index in [1.807, 2.05) is 49.8 Å². The molecule has 0 fully saturated rings. The Morgan fingerprint density at radius 1 is 1.25 bits per heavy atom. The first-order valence-corrected chi connectivity index (χ1v) is 5.65. The third-order valence-electron chi connectivity index (χ3n) is 2.07. The van der Waals surface area contributed by atoms with Gasteiger partial charge in [0.1, 0.15) is 7.05 Å². The summed E-state index contributed by atoms with van der Waals surface area (Å²) >= 11 is 1.72. The third kappa shape index (κ3) is 3.61. The molecule has 84 valence electrons. The molecule has 2 aromatic rings. The lowest BCUT2D eigenvalue weighted by Crippen LogP contribution is -3.00. The summed E-state index contributed by atoms with van der Waals surface area (Å²) in [6, 6.07) is 10.1. The van der Waals surface area contributed by atoms with Crippen molar-refractivity contribution in [2.75, 3.05) is 5.32 Å². The molecule has 1 N–H and O–H groups in total. The second-order valence-electron chi connectivity index (χ2n) is 3.20. The molecule has 1 heterocycles. The fourth-order valence-corrected chi connectivity index (χ4v) is 2.01. The summed E-state index contributed by atoms with van der Waals surface area (Å²) in [6.07, 6.45) is 6.08. The first kappa shape index (κ1) is 13.2. The van der Waals surface area contributed by atoms with Crippen molar-refractivity contribution in [3.63, 3.8) is 0 Å². The lowest BCUT2D eigenvalue weighted by Gasteiger charge is -1.97. The first-order chi connectivity index (χ1) is 7.36. The van der Waals surface area contributed by atoms with Crippen LogP contribution in [0.15, 0.2) is 48.1 Å². The molecule has 0 spiro atoms. The van der Waals surface area contributed by atoms with Crippen molar-refractivity contribution in [2.45, 2.75) is 0 Å². The second-order valence-corrected chi connectivity index (χ2v) is 4.12. The maximum absolute atomic E-state index is 3.22. The van der Waals surface area contributed by atoms with Gasteiger partial charge in [0.25, 0.3) is 5.01 Å². The highest BCUT2D eigenvalue weighted by atomic mass is 127. The molecule has 2 rings (SSSR count). The van der Waals surface area contributed by atoms with Gasteiger partial charge < -0.3 is 29.3 Å². The zero-order chi connectivity index (χ0) is 10.5. The minimum absolute atomic E-state index is 0. The molecule has 0 atom stereocenters. The fraction of sp³-hybridized carbons (Fsp3) is 0.0833. The van der Waals surface area contributed by atoms with E-state index < -0.39 is 0 Å². The van der Waals surface area contributed by atoms with E-state index in [4.69, 9.17) is 0 Å². The Hall–Kier alpha value is -0.880. The largest absolute Gasteiger partial charge is 1.00 e. The van der Waals surface area contributed by atoms with Gasteiger partial charge >= 0.3 is 0 Å². The van der Waals surface area contributed by atoms with Gasteiger partial charge in [-0.3, -0.25) is 0 Å². The molecule has 0 saturated heterocycles. The summed E-state index contributed by atoms with van der Waals surface area (Å²) in [5.41, 5.74) is 1.10. The number of halogens is 1. The maximum atomic E-state index is 3.22. The maximum Gasteiger partial charge on any atom is 0.262 e. The van der Waals surface area contributed by atoms with Crippen LogP contribution < -0.4 is 33.9 Å². The molecule has 0 radical (unpaired) electrons. The minimum Gasteiger partial charge on any atom is -1.00 e. The molecule has 0 aliphatic rings. The Kier molecular flexibility index (Phi) is 5.48. The predicted molar refractivity (Wildman–Crippen MR) is 64.6 cm³/mol. The Labute approximate surface area is 117 Å². The number of hydrogen-bond donors (Lipinski definition) is 1. The highest BCUT2D eigenvalue weighted by Gasteiger charge is 2.01. The van der Waals surface area contributed by atoms with Crippen LogP contribution in [0.1, 0.15) is 5.01 Å². The molecular formula is C12H13IN2S. The van der Waals surface area contributed by atoms with Crippen LogP contribution in [0.25, 0.3) is 6.08 Å². The molecule has 0 bridgehead atoms. The smallest absolute Gasteiger partial charge is 0.262 e. The summed E-state index contributed by atoms with van der Waals surface area (Å²) in [6.45, 7) is 0. The Balaban J connectivity index is 0.00000128. The van der Waals surface area contributed by atoms with Gasteiger partial charge in [0.2, 0.25) is 0 Å². The van der Waals surface area contributed by atoms with Crippen molar-refractivity contribution in [3.05, 3.63) is 53.1 Å². The monoisotopic (exact) mass is 344 g/mol. The van der Waals surface area contributed by atoms with E-state index in [9.17, 15) is 0 Å². The molecule has 0 aliphatic carbocycles. The average Bonchev–Trinajstić information content (AvgIpc) is 2.66. The van der Waals surface area contributed by atoms with Crippen LogP contribution in [0, 0.1) is 0 Å². The van der Waals surface area contributed by atoms with Crippen molar-refractivity contribution < 1.29 is 28.5 Å². The topological polar surface area (TPSA) is 15.9 Å². The molecule has 0 saturated carbocycles. The number of para-hydroxylation sites is 1. The fourth-order valence-electron chi connectivity index (χ4n) is 1.25. The summed E-state index contributed by atoms with van der Waals surface area (Å²) in [5.74, 6) is 0. The van der Waals surface area contributed by atoms with Gasteiger partial charge in [-0.2, -0.15) is 4.57 Å². The number of aryl methyl sites for hydroxylation is 1. The second kappa shape index (κ2) is 6.65. The van der Waals surface area contributed by atoms with E-state index in [1.165, 1.54) is 5.01 Å². The van der Waals surface area contributed by atoms with Crippen LogP contribution in [0.4, 0.5) is 5.69 Å². The summed E-state index contributed by atoms with van der Waals surface area (Å²) in [5, 5.41) is 6.52. The van der Waals surface area contributed by atoms with Crippen LogP contribution >= 0.6 is 11.3 Å². The number of thiazole rings is 1. The van der Waals surface area contributed by atoms with Crippen LogP contribution in [-0.4, -0.2) is 0 Å².